The first-order valence-corrected chi connectivity index (χ1v) is 5.41. The highest BCUT2D eigenvalue weighted by atomic mass is 17.2. The molecule has 0 aliphatic rings. The van der Waals surface area contributed by atoms with Crippen molar-refractivity contribution in [3.8, 4) is 0 Å². The van der Waals surface area contributed by atoms with E-state index in [1.807, 2.05) is 34.6 Å². The van der Waals surface area contributed by atoms with Crippen LogP contribution in [0.4, 0.5) is 4.79 Å². The fraction of sp³-hybridized carbons (Fsp3) is 0.909. The van der Waals surface area contributed by atoms with E-state index in [0.717, 1.165) is 0 Å². The van der Waals surface area contributed by atoms with Gasteiger partial charge < -0.3 is 9.84 Å². The number of hydrogen-bond acceptors (Lipinski definition) is 4. The molecule has 1 unspecified atom stereocenters. The quantitative estimate of drug-likeness (QED) is 0.342. The van der Waals surface area contributed by atoms with Crippen LogP contribution < -0.4 is 0 Å². The standard InChI is InChI=1S/C11H22O5/c1-7-11(8(2)3,14-9(12)13)16-15-10(4,5)6/h8H,7H2,1-6H3,(H,12,13). The second-order valence-electron chi connectivity index (χ2n) is 4.97. The molecule has 5 heteroatoms. The zero-order chi connectivity index (χ0) is 13.0. The summed E-state index contributed by atoms with van der Waals surface area (Å²) < 4.78 is 4.81. The van der Waals surface area contributed by atoms with E-state index >= 15 is 0 Å². The molecule has 0 aromatic heterocycles. The van der Waals surface area contributed by atoms with Crippen molar-refractivity contribution in [2.24, 2.45) is 5.92 Å². The molecule has 0 heterocycles. The van der Waals surface area contributed by atoms with Crippen molar-refractivity contribution in [1.82, 2.24) is 0 Å². The minimum atomic E-state index is -1.37. The van der Waals surface area contributed by atoms with Gasteiger partial charge in [0.1, 0.15) is 0 Å². The van der Waals surface area contributed by atoms with Gasteiger partial charge in [-0.3, -0.25) is 0 Å². The minimum absolute atomic E-state index is 0.143. The predicted molar refractivity (Wildman–Crippen MR) is 58.9 cm³/mol. The van der Waals surface area contributed by atoms with Crippen LogP contribution in [-0.2, 0) is 14.5 Å². The molecule has 96 valence electrons. The normalized spacial score (nSPS) is 15.9. The third-order valence-corrected chi connectivity index (χ3v) is 2.07. The summed E-state index contributed by atoms with van der Waals surface area (Å²) in [7, 11) is 0. The molecule has 0 bridgehead atoms. The average Bonchev–Trinajstić information content (AvgIpc) is 2.09. The summed E-state index contributed by atoms with van der Waals surface area (Å²) in [5, 5.41) is 8.70. The molecule has 1 atom stereocenters. The third-order valence-electron chi connectivity index (χ3n) is 2.07. The van der Waals surface area contributed by atoms with E-state index in [4.69, 9.17) is 19.6 Å². The van der Waals surface area contributed by atoms with E-state index in [1.54, 1.807) is 6.92 Å². The van der Waals surface area contributed by atoms with Crippen molar-refractivity contribution < 1.29 is 24.4 Å². The maximum absolute atomic E-state index is 10.6. The van der Waals surface area contributed by atoms with Gasteiger partial charge in [-0.05, 0) is 20.8 Å². The van der Waals surface area contributed by atoms with Gasteiger partial charge in [0.25, 0.3) is 0 Å². The van der Waals surface area contributed by atoms with Gasteiger partial charge >= 0.3 is 6.16 Å². The van der Waals surface area contributed by atoms with Gasteiger partial charge in [-0.15, -0.1) is 0 Å². The van der Waals surface area contributed by atoms with Crippen molar-refractivity contribution in [1.29, 1.82) is 0 Å². The number of carbonyl (C=O) groups is 1. The second-order valence-corrected chi connectivity index (χ2v) is 4.97. The zero-order valence-electron chi connectivity index (χ0n) is 10.9. The van der Waals surface area contributed by atoms with Gasteiger partial charge in [0, 0.05) is 12.3 Å². The Kier molecular flexibility index (Phi) is 5.22. The van der Waals surface area contributed by atoms with Crippen LogP contribution in [0.2, 0.25) is 0 Å². The van der Waals surface area contributed by atoms with Crippen LogP contribution >= 0.6 is 0 Å². The molecule has 16 heavy (non-hydrogen) atoms. The maximum atomic E-state index is 10.6. The lowest BCUT2D eigenvalue weighted by molar-refractivity contribution is -0.461. The zero-order valence-corrected chi connectivity index (χ0v) is 10.9. The van der Waals surface area contributed by atoms with Gasteiger partial charge in [0.2, 0.25) is 5.79 Å². The molecule has 0 aliphatic carbocycles. The third kappa shape index (κ3) is 4.81. The number of ether oxygens (including phenoxy) is 1. The fourth-order valence-electron chi connectivity index (χ4n) is 1.11. The Morgan fingerprint density at radius 3 is 2.00 bits per heavy atom. The highest BCUT2D eigenvalue weighted by molar-refractivity contribution is 5.57. The van der Waals surface area contributed by atoms with Crippen molar-refractivity contribution in [3.63, 3.8) is 0 Å². The van der Waals surface area contributed by atoms with Crippen LogP contribution in [0, 0.1) is 5.92 Å². The van der Waals surface area contributed by atoms with E-state index in [1.165, 1.54) is 0 Å². The Labute approximate surface area is 96.6 Å². The summed E-state index contributed by atoms with van der Waals surface area (Å²) in [4.78, 5) is 21.0. The largest absolute Gasteiger partial charge is 0.508 e. The van der Waals surface area contributed by atoms with Crippen LogP contribution in [0.5, 0.6) is 0 Å². The smallest absolute Gasteiger partial charge is 0.450 e. The number of hydrogen-bond donors (Lipinski definition) is 1. The van der Waals surface area contributed by atoms with E-state index in [0.29, 0.717) is 6.42 Å². The second kappa shape index (κ2) is 5.50. The lowest BCUT2D eigenvalue weighted by Gasteiger charge is -2.35. The van der Waals surface area contributed by atoms with Gasteiger partial charge in [0.15, 0.2) is 0 Å². The molecule has 0 aromatic rings. The molecule has 0 saturated carbocycles. The van der Waals surface area contributed by atoms with Crippen LogP contribution in [0.25, 0.3) is 0 Å². The van der Waals surface area contributed by atoms with E-state index in [-0.39, 0.29) is 5.92 Å². The minimum Gasteiger partial charge on any atom is -0.450 e. The Bertz CT molecular complexity index is 231. The fourth-order valence-corrected chi connectivity index (χ4v) is 1.11. The Hall–Kier alpha value is -0.810. The number of rotatable bonds is 5. The molecule has 0 rings (SSSR count). The highest BCUT2D eigenvalue weighted by Crippen LogP contribution is 2.29. The molecule has 0 fully saturated rings. The van der Waals surface area contributed by atoms with Gasteiger partial charge in [-0.2, -0.15) is 4.89 Å². The molecule has 0 aliphatic heterocycles. The van der Waals surface area contributed by atoms with Crippen LogP contribution in [0.3, 0.4) is 0 Å². The van der Waals surface area contributed by atoms with Crippen molar-refractivity contribution in [3.05, 3.63) is 0 Å². The molecule has 0 spiro atoms. The lowest BCUT2D eigenvalue weighted by Crippen LogP contribution is -2.44. The first-order chi connectivity index (χ1) is 7.13. The molecule has 5 nitrogen and oxygen atoms in total. The summed E-state index contributed by atoms with van der Waals surface area (Å²) in [6, 6.07) is 0. The van der Waals surface area contributed by atoms with Crippen LogP contribution in [-0.4, -0.2) is 22.7 Å². The summed E-state index contributed by atoms with van der Waals surface area (Å²) in [6.07, 6.45) is -0.986. The Morgan fingerprint density at radius 1 is 1.25 bits per heavy atom. The van der Waals surface area contributed by atoms with E-state index in [9.17, 15) is 4.79 Å². The molecular weight excluding hydrogens is 212 g/mol. The molecule has 0 radical (unpaired) electrons. The number of carboxylic acid groups (broad SMARTS) is 1. The Morgan fingerprint density at radius 2 is 1.75 bits per heavy atom. The summed E-state index contributed by atoms with van der Waals surface area (Å²) in [5.74, 6) is -1.39. The van der Waals surface area contributed by atoms with E-state index < -0.39 is 17.5 Å². The van der Waals surface area contributed by atoms with Crippen molar-refractivity contribution in [2.45, 2.75) is 59.4 Å². The molecular formula is C11H22O5. The SMILES string of the molecule is CCC(OOC(C)(C)C)(OC(=O)O)C(C)C. The molecule has 0 amide bonds. The monoisotopic (exact) mass is 234 g/mol. The Balaban J connectivity index is 4.71. The predicted octanol–water partition coefficient (Wildman–Crippen LogP) is 3.19. The maximum Gasteiger partial charge on any atom is 0.508 e. The van der Waals surface area contributed by atoms with Gasteiger partial charge in [0.05, 0.1) is 5.60 Å². The van der Waals surface area contributed by atoms with Crippen LogP contribution in [0.1, 0.15) is 48.0 Å². The van der Waals surface area contributed by atoms with Crippen molar-refractivity contribution >= 4 is 6.16 Å². The first kappa shape index (κ1) is 15.2. The first-order valence-electron chi connectivity index (χ1n) is 5.41. The summed E-state index contributed by atoms with van der Waals surface area (Å²) in [6.45, 7) is 10.9. The van der Waals surface area contributed by atoms with Crippen LogP contribution in [0.15, 0.2) is 0 Å². The van der Waals surface area contributed by atoms with Gasteiger partial charge in [-0.25, -0.2) is 9.68 Å². The molecule has 0 aromatic carbocycles. The van der Waals surface area contributed by atoms with Gasteiger partial charge in [-0.1, -0.05) is 20.8 Å². The van der Waals surface area contributed by atoms with E-state index in [2.05, 4.69) is 0 Å². The van der Waals surface area contributed by atoms with Crippen molar-refractivity contribution in [2.75, 3.05) is 0 Å². The topological polar surface area (TPSA) is 65.0 Å². The highest BCUT2D eigenvalue weighted by Gasteiger charge is 2.40. The molecule has 1 N–H and O–H groups in total. The summed E-state index contributed by atoms with van der Waals surface area (Å²) in [5.41, 5.74) is -0.517. The average molecular weight is 234 g/mol. The lowest BCUT2D eigenvalue weighted by atomic mass is 10.0. The summed E-state index contributed by atoms with van der Waals surface area (Å²) >= 11 is 0. The molecule has 0 saturated heterocycles.